The van der Waals surface area contributed by atoms with Crippen LogP contribution in [-0.2, 0) is 0 Å². The van der Waals surface area contributed by atoms with Gasteiger partial charge in [-0.15, -0.1) is 11.3 Å². The van der Waals surface area contributed by atoms with Gasteiger partial charge in [0.25, 0.3) is 0 Å². The van der Waals surface area contributed by atoms with Crippen LogP contribution in [0.2, 0.25) is 0 Å². The molecule has 0 fully saturated rings. The van der Waals surface area contributed by atoms with E-state index in [0.717, 1.165) is 33.3 Å². The van der Waals surface area contributed by atoms with Gasteiger partial charge in [0.05, 0.1) is 5.69 Å². The fourth-order valence-electron chi connectivity index (χ4n) is 2.12. The normalized spacial score (nSPS) is 10.7. The molecule has 0 saturated heterocycles. The summed E-state index contributed by atoms with van der Waals surface area (Å²) in [5.41, 5.74) is 4.52. The zero-order valence-corrected chi connectivity index (χ0v) is 12.1. The summed E-state index contributed by atoms with van der Waals surface area (Å²) in [5.74, 6) is 0.0931. The van der Waals surface area contributed by atoms with E-state index in [1.807, 2.05) is 38.2 Å². The van der Waals surface area contributed by atoms with E-state index in [9.17, 15) is 4.79 Å². The Bertz CT molecular complexity index is 595. The third kappa shape index (κ3) is 2.06. The summed E-state index contributed by atoms with van der Waals surface area (Å²) < 4.78 is 0. The van der Waals surface area contributed by atoms with Crippen LogP contribution in [0.25, 0.3) is 11.4 Å². The van der Waals surface area contributed by atoms with Crippen molar-refractivity contribution < 1.29 is 4.79 Å². The number of aromatic amines is 1. The predicted octanol–water partition coefficient (Wildman–Crippen LogP) is 3.02. The summed E-state index contributed by atoms with van der Waals surface area (Å²) in [5, 5.41) is 2.97. The highest BCUT2D eigenvalue weighted by molar-refractivity contribution is 7.14. The third-order valence-corrected chi connectivity index (χ3v) is 3.93. The van der Waals surface area contributed by atoms with E-state index in [1.54, 1.807) is 18.3 Å². The number of carbonyl (C=O) groups excluding carboxylic acids is 1. The molecule has 96 valence electrons. The summed E-state index contributed by atoms with van der Waals surface area (Å²) in [6.45, 7) is 5.48. The maximum absolute atomic E-state index is 11.6. The van der Waals surface area contributed by atoms with Gasteiger partial charge in [-0.05, 0) is 26.3 Å². The Hall–Kier alpha value is -1.62. The van der Waals surface area contributed by atoms with Gasteiger partial charge >= 0.3 is 0 Å². The van der Waals surface area contributed by atoms with E-state index in [0.29, 0.717) is 0 Å². The second-order valence-corrected chi connectivity index (χ2v) is 5.43. The molecular weight excluding hydrogens is 246 g/mol. The van der Waals surface area contributed by atoms with E-state index >= 15 is 0 Å². The molecule has 18 heavy (non-hydrogen) atoms. The molecule has 4 nitrogen and oxygen atoms in total. The first-order valence-electron chi connectivity index (χ1n) is 5.75. The molecular formula is C13H17N3OS. The smallest absolute Gasteiger partial charge is 0.185 e. The molecule has 0 aromatic carbocycles. The number of carbonyl (C=O) groups is 1. The highest BCUT2D eigenvalue weighted by Crippen LogP contribution is 2.30. The third-order valence-electron chi connectivity index (χ3n) is 2.92. The molecule has 5 heteroatoms. The first-order valence-corrected chi connectivity index (χ1v) is 6.63. The van der Waals surface area contributed by atoms with E-state index in [-0.39, 0.29) is 5.78 Å². The maximum atomic E-state index is 11.6. The summed E-state index contributed by atoms with van der Waals surface area (Å²) in [6.07, 6.45) is 0. The van der Waals surface area contributed by atoms with Crippen LogP contribution in [0.15, 0.2) is 5.38 Å². The second kappa shape index (κ2) is 4.57. The Morgan fingerprint density at radius 1 is 1.39 bits per heavy atom. The lowest BCUT2D eigenvalue weighted by molar-refractivity contribution is 0.101. The van der Waals surface area contributed by atoms with Crippen molar-refractivity contribution in [2.24, 2.45) is 0 Å². The highest BCUT2D eigenvalue weighted by atomic mass is 32.1. The molecule has 0 aliphatic rings. The zero-order valence-electron chi connectivity index (χ0n) is 11.3. The monoisotopic (exact) mass is 263 g/mol. The minimum Gasteiger partial charge on any atom is -0.356 e. The number of Topliss-reactive ketones (excluding diaryl/α,β-unsaturated/α-hetero) is 1. The molecule has 0 atom stereocenters. The number of aromatic nitrogens is 2. The van der Waals surface area contributed by atoms with Gasteiger partial charge in [-0.1, -0.05) is 0 Å². The van der Waals surface area contributed by atoms with Crippen molar-refractivity contribution in [3.63, 3.8) is 0 Å². The molecule has 0 aliphatic carbocycles. The molecule has 2 heterocycles. The summed E-state index contributed by atoms with van der Waals surface area (Å²) in [4.78, 5) is 21.4. The zero-order chi connectivity index (χ0) is 13.4. The molecule has 0 saturated carbocycles. The Kier molecular flexibility index (Phi) is 3.26. The minimum atomic E-state index is 0.0931. The largest absolute Gasteiger partial charge is 0.356 e. The average Bonchev–Trinajstić information content (AvgIpc) is 2.83. The number of nitrogens with one attached hydrogen (secondary N) is 1. The van der Waals surface area contributed by atoms with E-state index < -0.39 is 0 Å². The molecule has 0 spiro atoms. The fourth-order valence-corrected chi connectivity index (χ4v) is 2.87. The molecule has 0 bridgehead atoms. The predicted molar refractivity (Wildman–Crippen MR) is 75.7 cm³/mol. The number of nitrogens with zero attached hydrogens (tertiary/aromatic N) is 2. The quantitative estimate of drug-likeness (QED) is 0.866. The van der Waals surface area contributed by atoms with Crippen LogP contribution in [0.4, 0.5) is 5.13 Å². The summed E-state index contributed by atoms with van der Waals surface area (Å²) in [7, 11) is 3.94. The Labute approximate surface area is 111 Å². The Morgan fingerprint density at radius 2 is 2.06 bits per heavy atom. The molecule has 0 amide bonds. The molecule has 1 N–H and O–H groups in total. The molecule has 2 aromatic heterocycles. The maximum Gasteiger partial charge on any atom is 0.185 e. The van der Waals surface area contributed by atoms with Crippen molar-refractivity contribution in [3.8, 4) is 11.4 Å². The van der Waals surface area contributed by atoms with Gasteiger partial charge in [-0.25, -0.2) is 4.98 Å². The molecule has 0 unspecified atom stereocenters. The molecule has 0 radical (unpaired) electrons. The molecule has 2 rings (SSSR count). The van der Waals surface area contributed by atoms with Crippen molar-refractivity contribution in [1.82, 2.24) is 9.97 Å². The highest BCUT2D eigenvalue weighted by Gasteiger charge is 2.18. The average molecular weight is 263 g/mol. The van der Waals surface area contributed by atoms with Crippen molar-refractivity contribution in [2.75, 3.05) is 19.0 Å². The Balaban J connectivity index is 2.51. The van der Waals surface area contributed by atoms with Crippen LogP contribution in [0.3, 0.4) is 0 Å². The van der Waals surface area contributed by atoms with Crippen molar-refractivity contribution in [1.29, 1.82) is 0 Å². The summed E-state index contributed by atoms with van der Waals surface area (Å²) in [6, 6.07) is 0. The number of anilines is 1. The van der Waals surface area contributed by atoms with Gasteiger partial charge in [0, 0.05) is 30.7 Å². The lowest BCUT2D eigenvalue weighted by Gasteiger charge is -2.05. The SMILES string of the molecule is CC(=O)c1c(C)[nH]c(-c2csc(N(C)C)n2)c1C. The van der Waals surface area contributed by atoms with Crippen LogP contribution >= 0.6 is 11.3 Å². The van der Waals surface area contributed by atoms with Crippen LogP contribution in [0.1, 0.15) is 28.5 Å². The van der Waals surface area contributed by atoms with E-state index in [2.05, 4.69) is 9.97 Å². The standard InChI is InChI=1S/C13H17N3OS/c1-7-11(9(3)17)8(2)14-12(7)10-6-18-13(15-10)16(4)5/h6,14H,1-5H3. The van der Waals surface area contributed by atoms with Gasteiger partial charge in [-0.3, -0.25) is 4.79 Å². The number of hydrogen-bond donors (Lipinski definition) is 1. The first-order chi connectivity index (χ1) is 8.41. The van der Waals surface area contributed by atoms with Gasteiger partial charge in [0.1, 0.15) is 5.69 Å². The van der Waals surface area contributed by atoms with Crippen LogP contribution in [-0.4, -0.2) is 29.8 Å². The number of H-pyrrole nitrogens is 1. The lowest BCUT2D eigenvalue weighted by Crippen LogP contribution is -2.07. The van der Waals surface area contributed by atoms with Gasteiger partial charge < -0.3 is 9.88 Å². The van der Waals surface area contributed by atoms with E-state index in [4.69, 9.17) is 0 Å². The van der Waals surface area contributed by atoms with Gasteiger partial charge in [0.15, 0.2) is 10.9 Å². The minimum absolute atomic E-state index is 0.0931. The topological polar surface area (TPSA) is 49.0 Å². The van der Waals surface area contributed by atoms with Crippen molar-refractivity contribution in [3.05, 3.63) is 22.2 Å². The number of aryl methyl sites for hydroxylation is 1. The summed E-state index contributed by atoms with van der Waals surface area (Å²) >= 11 is 1.59. The van der Waals surface area contributed by atoms with Crippen molar-refractivity contribution in [2.45, 2.75) is 20.8 Å². The molecule has 0 aliphatic heterocycles. The van der Waals surface area contributed by atoms with Gasteiger partial charge in [0.2, 0.25) is 0 Å². The van der Waals surface area contributed by atoms with Crippen LogP contribution in [0, 0.1) is 13.8 Å². The molecule has 2 aromatic rings. The second-order valence-electron chi connectivity index (χ2n) is 4.59. The van der Waals surface area contributed by atoms with Crippen molar-refractivity contribution >= 4 is 22.3 Å². The van der Waals surface area contributed by atoms with Crippen LogP contribution < -0.4 is 4.90 Å². The fraction of sp³-hybridized carbons (Fsp3) is 0.385. The lowest BCUT2D eigenvalue weighted by atomic mass is 10.1. The first kappa shape index (κ1) is 12.8. The Morgan fingerprint density at radius 3 is 2.50 bits per heavy atom. The van der Waals surface area contributed by atoms with Gasteiger partial charge in [-0.2, -0.15) is 0 Å². The van der Waals surface area contributed by atoms with Crippen LogP contribution in [0.5, 0.6) is 0 Å². The number of hydrogen-bond acceptors (Lipinski definition) is 4. The number of ketones is 1. The van der Waals surface area contributed by atoms with E-state index in [1.165, 1.54) is 0 Å². The number of thiazole rings is 1. The number of rotatable bonds is 3.